The lowest BCUT2D eigenvalue weighted by atomic mass is 9.88. The van der Waals surface area contributed by atoms with Gasteiger partial charge < -0.3 is 29.7 Å². The van der Waals surface area contributed by atoms with Crippen LogP contribution in [0.2, 0.25) is 0 Å². The average molecular weight is 614 g/mol. The molecule has 8 nitrogen and oxygen atoms in total. The van der Waals surface area contributed by atoms with Crippen molar-refractivity contribution in [1.29, 1.82) is 0 Å². The number of benzene rings is 1. The molecule has 0 saturated heterocycles. The zero-order valence-corrected chi connectivity index (χ0v) is 27.9. The van der Waals surface area contributed by atoms with E-state index < -0.39 is 0 Å². The number of hydrogen-bond acceptors (Lipinski definition) is 6. The number of aliphatic hydroxyl groups excluding tert-OH is 1. The Bertz CT molecular complexity index is 1040. The molecule has 3 aliphatic rings. The van der Waals surface area contributed by atoms with Crippen LogP contribution in [0.1, 0.15) is 115 Å². The van der Waals surface area contributed by atoms with Crippen LogP contribution in [0.25, 0.3) is 0 Å². The molecule has 44 heavy (non-hydrogen) atoms. The van der Waals surface area contributed by atoms with E-state index in [2.05, 4.69) is 24.2 Å². The van der Waals surface area contributed by atoms with Gasteiger partial charge in [0, 0.05) is 43.8 Å². The Morgan fingerprint density at radius 2 is 1.68 bits per heavy atom. The molecule has 0 radical (unpaired) electrons. The molecular weight excluding hydrogens is 554 g/mol. The number of likely N-dealkylation sites (N-methyl/N-ethyl adjacent to an activating group) is 1. The second kappa shape index (κ2) is 17.5. The molecule has 4 rings (SSSR count). The maximum absolute atomic E-state index is 14.4. The number of rotatable bonds is 8. The van der Waals surface area contributed by atoms with Crippen LogP contribution in [-0.2, 0) is 9.53 Å². The van der Waals surface area contributed by atoms with E-state index in [1.807, 2.05) is 26.0 Å². The predicted octanol–water partition coefficient (Wildman–Crippen LogP) is 6.51. The summed E-state index contributed by atoms with van der Waals surface area (Å²) in [5, 5.41) is 13.3. The van der Waals surface area contributed by atoms with Crippen LogP contribution in [0.15, 0.2) is 18.2 Å². The third-order valence-corrected chi connectivity index (χ3v) is 10.1. The van der Waals surface area contributed by atoms with E-state index in [0.29, 0.717) is 30.2 Å². The van der Waals surface area contributed by atoms with Crippen molar-refractivity contribution in [1.82, 2.24) is 9.80 Å². The lowest BCUT2D eigenvalue weighted by Crippen LogP contribution is -2.47. The Morgan fingerprint density at radius 3 is 2.39 bits per heavy atom. The highest BCUT2D eigenvalue weighted by atomic mass is 16.5. The molecular formula is C36H59N3O5. The molecule has 0 unspecified atom stereocenters. The van der Waals surface area contributed by atoms with Crippen molar-refractivity contribution in [2.75, 3.05) is 45.2 Å². The van der Waals surface area contributed by atoms with Gasteiger partial charge in [0.25, 0.3) is 5.91 Å². The molecule has 2 fully saturated rings. The van der Waals surface area contributed by atoms with Crippen molar-refractivity contribution in [2.45, 2.75) is 122 Å². The number of nitrogens with zero attached hydrogens (tertiary/aromatic N) is 2. The first-order valence-corrected chi connectivity index (χ1v) is 17.6. The molecule has 2 amide bonds. The molecule has 2 N–H and O–H groups in total. The number of nitrogens with one attached hydrogen (secondary N) is 1. The SMILES string of the molecule is C[C@@H]1CCCCO[C@H](CN(C)CC2CCCCC2)[C@H](C)CN([C@@H](C)CO)C(=O)c2cc(NC(=O)C3CCCCC3)ccc2O1. The van der Waals surface area contributed by atoms with Gasteiger partial charge in [0.15, 0.2) is 0 Å². The van der Waals surface area contributed by atoms with Gasteiger partial charge in [-0.25, -0.2) is 0 Å². The minimum atomic E-state index is -0.385. The Balaban J connectivity index is 1.56. The summed E-state index contributed by atoms with van der Waals surface area (Å²) < 4.78 is 12.9. The maximum Gasteiger partial charge on any atom is 0.258 e. The lowest BCUT2D eigenvalue weighted by Gasteiger charge is -2.36. The quantitative estimate of drug-likeness (QED) is 0.347. The molecule has 0 aromatic heterocycles. The minimum Gasteiger partial charge on any atom is -0.490 e. The Hall–Kier alpha value is -2.16. The van der Waals surface area contributed by atoms with Crippen molar-refractivity contribution < 1.29 is 24.2 Å². The molecule has 1 heterocycles. The Kier molecular flexibility index (Phi) is 13.8. The second-order valence-electron chi connectivity index (χ2n) is 14.1. The standard InChI is InChI=1S/C36H59N3O5/c1-26-22-39(27(2)25-40)36(42)32-21-31(37-35(41)30-16-9-6-10-17-30)18-19-33(32)44-28(3)13-11-12-20-43-34(26)24-38(4)23-29-14-7-5-8-15-29/h18-19,21,26-30,34,40H,5-17,20,22-25H2,1-4H3,(H,37,41)/t26-,27+,28-,34-/m1/s1. The summed E-state index contributed by atoms with van der Waals surface area (Å²) in [6, 6.07) is 5.05. The molecule has 4 atom stereocenters. The van der Waals surface area contributed by atoms with Crippen LogP contribution in [0.3, 0.4) is 0 Å². The van der Waals surface area contributed by atoms with Crippen LogP contribution >= 0.6 is 0 Å². The highest BCUT2D eigenvalue weighted by Gasteiger charge is 2.31. The first-order chi connectivity index (χ1) is 21.2. The third kappa shape index (κ3) is 10.2. The van der Waals surface area contributed by atoms with Crippen LogP contribution in [0, 0.1) is 17.8 Å². The zero-order chi connectivity index (χ0) is 31.5. The van der Waals surface area contributed by atoms with Crippen LogP contribution < -0.4 is 10.1 Å². The van der Waals surface area contributed by atoms with E-state index in [4.69, 9.17) is 9.47 Å². The average Bonchev–Trinajstić information content (AvgIpc) is 3.03. The topological polar surface area (TPSA) is 91.3 Å². The molecule has 1 aromatic carbocycles. The fraction of sp³-hybridized carbons (Fsp3) is 0.778. The largest absolute Gasteiger partial charge is 0.490 e. The van der Waals surface area contributed by atoms with Gasteiger partial charge in [0.1, 0.15) is 5.75 Å². The van der Waals surface area contributed by atoms with Gasteiger partial charge in [-0.3, -0.25) is 9.59 Å². The van der Waals surface area contributed by atoms with Crippen molar-refractivity contribution in [3.05, 3.63) is 23.8 Å². The van der Waals surface area contributed by atoms with Gasteiger partial charge in [0.05, 0.1) is 30.4 Å². The fourth-order valence-electron chi connectivity index (χ4n) is 7.26. The Morgan fingerprint density at radius 1 is 1.00 bits per heavy atom. The van der Waals surface area contributed by atoms with Gasteiger partial charge in [-0.2, -0.15) is 0 Å². The van der Waals surface area contributed by atoms with Gasteiger partial charge in [-0.1, -0.05) is 45.4 Å². The number of carbonyl (C=O) groups is 2. The molecule has 1 aliphatic heterocycles. The van der Waals surface area contributed by atoms with E-state index in [1.165, 1.54) is 38.5 Å². The molecule has 0 bridgehead atoms. The number of ether oxygens (including phenoxy) is 2. The van der Waals surface area contributed by atoms with Crippen LogP contribution in [0.4, 0.5) is 5.69 Å². The summed E-state index contributed by atoms with van der Waals surface area (Å²) in [5.74, 6) is 1.19. The normalized spacial score (nSPS) is 26.0. The fourth-order valence-corrected chi connectivity index (χ4v) is 7.26. The van der Waals surface area contributed by atoms with Gasteiger partial charge >= 0.3 is 0 Å². The third-order valence-electron chi connectivity index (χ3n) is 10.1. The highest BCUT2D eigenvalue weighted by molar-refractivity contribution is 6.00. The van der Waals surface area contributed by atoms with E-state index in [-0.39, 0.29) is 48.5 Å². The summed E-state index contributed by atoms with van der Waals surface area (Å²) in [4.78, 5) is 31.6. The number of fused-ring (bicyclic) bond motifs is 1. The number of anilines is 1. The summed E-state index contributed by atoms with van der Waals surface area (Å²) in [6.45, 7) is 8.99. The van der Waals surface area contributed by atoms with Gasteiger partial charge in [0.2, 0.25) is 5.91 Å². The lowest BCUT2D eigenvalue weighted by molar-refractivity contribution is -0.120. The number of carbonyl (C=O) groups excluding carboxylic acids is 2. The summed E-state index contributed by atoms with van der Waals surface area (Å²) in [7, 11) is 2.20. The summed E-state index contributed by atoms with van der Waals surface area (Å²) in [6.07, 6.45) is 14.5. The van der Waals surface area contributed by atoms with Gasteiger partial charge in [-0.05, 0) is 90.0 Å². The van der Waals surface area contributed by atoms with Crippen molar-refractivity contribution >= 4 is 17.5 Å². The summed E-state index contributed by atoms with van der Waals surface area (Å²) in [5.41, 5.74) is 1.04. The van der Waals surface area contributed by atoms with E-state index >= 15 is 0 Å². The molecule has 0 spiro atoms. The van der Waals surface area contributed by atoms with Crippen molar-refractivity contribution in [3.8, 4) is 5.75 Å². The predicted molar refractivity (Wildman–Crippen MR) is 176 cm³/mol. The minimum absolute atomic E-state index is 0.0179. The highest BCUT2D eigenvalue weighted by Crippen LogP contribution is 2.30. The maximum atomic E-state index is 14.4. The number of hydrogen-bond donors (Lipinski definition) is 2. The molecule has 1 aromatic rings. The van der Waals surface area contributed by atoms with Crippen LogP contribution in [-0.4, -0.2) is 84.9 Å². The van der Waals surface area contributed by atoms with Crippen LogP contribution in [0.5, 0.6) is 5.75 Å². The van der Waals surface area contributed by atoms with E-state index in [1.54, 1.807) is 11.0 Å². The number of amides is 2. The first-order valence-electron chi connectivity index (χ1n) is 17.6. The van der Waals surface area contributed by atoms with E-state index in [0.717, 1.165) is 64.0 Å². The zero-order valence-electron chi connectivity index (χ0n) is 27.9. The summed E-state index contributed by atoms with van der Waals surface area (Å²) >= 11 is 0. The van der Waals surface area contributed by atoms with E-state index in [9.17, 15) is 14.7 Å². The van der Waals surface area contributed by atoms with Crippen molar-refractivity contribution in [3.63, 3.8) is 0 Å². The van der Waals surface area contributed by atoms with Crippen molar-refractivity contribution in [2.24, 2.45) is 17.8 Å². The second-order valence-corrected chi connectivity index (χ2v) is 14.1. The number of aliphatic hydroxyl groups is 1. The molecule has 2 aliphatic carbocycles. The smallest absolute Gasteiger partial charge is 0.258 e. The molecule has 8 heteroatoms. The Labute approximate surface area is 266 Å². The molecule has 248 valence electrons. The van der Waals surface area contributed by atoms with Gasteiger partial charge in [-0.15, -0.1) is 0 Å². The first kappa shape index (κ1) is 34.7. The monoisotopic (exact) mass is 613 g/mol. The molecule has 2 saturated carbocycles.